The van der Waals surface area contributed by atoms with Gasteiger partial charge in [0.25, 0.3) is 5.91 Å². The summed E-state index contributed by atoms with van der Waals surface area (Å²) >= 11 is 0. The molecular formula is C39H39N3O4. The van der Waals surface area contributed by atoms with Gasteiger partial charge in [-0.1, -0.05) is 54.1 Å². The Bertz CT molecular complexity index is 1850. The normalized spacial score (nSPS) is 11.8. The highest BCUT2D eigenvalue weighted by molar-refractivity contribution is 6.32. The molecule has 0 aromatic heterocycles. The molecule has 0 bridgehead atoms. The summed E-state index contributed by atoms with van der Waals surface area (Å²) in [6.07, 6.45) is 3.33. The number of amides is 1. The minimum Gasteiger partial charge on any atom is -0.484 e. The fourth-order valence-corrected chi connectivity index (χ4v) is 6.11. The molecule has 1 aliphatic carbocycles. The quantitative estimate of drug-likeness (QED) is 0.147. The molecule has 46 heavy (non-hydrogen) atoms. The molecule has 7 nitrogen and oxygen atoms in total. The van der Waals surface area contributed by atoms with Crippen molar-refractivity contribution in [3.8, 4) is 5.75 Å². The lowest BCUT2D eigenvalue weighted by molar-refractivity contribution is -0.132. The standard InChI is InChI=1S/C39H39N3O4/c1-8-16-42(17-9-2)33(43)22-46-28-20-26(6)37(27(7)21-28)41-32-15-14-31(40-36-24(4)18-23(3)19-25(36)5)34-35(32)39(45)30-13-11-10-12-29(30)38(34)44/h8-15,18-21,40-41H,1-2,16-17,22H2,3-7H3. The highest BCUT2D eigenvalue weighted by Crippen LogP contribution is 2.40. The number of carbonyl (C=O) groups excluding carboxylic acids is 3. The third kappa shape index (κ3) is 6.22. The molecule has 0 saturated carbocycles. The highest BCUT2D eigenvalue weighted by Gasteiger charge is 2.34. The monoisotopic (exact) mass is 613 g/mol. The van der Waals surface area contributed by atoms with Gasteiger partial charge in [0, 0.05) is 35.6 Å². The molecule has 0 aliphatic heterocycles. The van der Waals surface area contributed by atoms with Gasteiger partial charge in [-0.15, -0.1) is 13.2 Å². The molecule has 0 unspecified atom stereocenters. The third-order valence-corrected chi connectivity index (χ3v) is 8.19. The zero-order valence-electron chi connectivity index (χ0n) is 27.0. The number of ether oxygens (including phenoxy) is 1. The second-order valence-corrected chi connectivity index (χ2v) is 11.7. The fraction of sp³-hybridized carbons (Fsp3) is 0.205. The van der Waals surface area contributed by atoms with Gasteiger partial charge in [-0.3, -0.25) is 14.4 Å². The zero-order chi connectivity index (χ0) is 33.1. The van der Waals surface area contributed by atoms with Gasteiger partial charge in [0.2, 0.25) is 0 Å². The smallest absolute Gasteiger partial charge is 0.261 e. The van der Waals surface area contributed by atoms with Crippen molar-refractivity contribution in [3.05, 3.63) is 136 Å². The lowest BCUT2D eigenvalue weighted by atomic mass is 9.82. The number of benzene rings is 4. The van der Waals surface area contributed by atoms with Crippen LogP contribution in [0, 0.1) is 34.6 Å². The second kappa shape index (κ2) is 13.3. The molecule has 0 atom stereocenters. The molecule has 0 heterocycles. The molecule has 0 saturated heterocycles. The fourth-order valence-electron chi connectivity index (χ4n) is 6.11. The number of ketones is 2. The summed E-state index contributed by atoms with van der Waals surface area (Å²) in [4.78, 5) is 42.4. The van der Waals surface area contributed by atoms with E-state index in [0.717, 1.165) is 39.2 Å². The molecule has 7 heteroatoms. The molecule has 2 N–H and O–H groups in total. The Morgan fingerprint density at radius 1 is 0.717 bits per heavy atom. The number of nitrogens with zero attached hydrogens (tertiary/aromatic N) is 1. The van der Waals surface area contributed by atoms with Crippen LogP contribution in [0.3, 0.4) is 0 Å². The Morgan fingerprint density at radius 3 is 1.59 bits per heavy atom. The molecule has 0 fully saturated rings. The number of rotatable bonds is 11. The Hall–Kier alpha value is -5.43. The lowest BCUT2D eigenvalue weighted by Gasteiger charge is -2.25. The second-order valence-electron chi connectivity index (χ2n) is 11.7. The molecule has 4 aromatic rings. The van der Waals surface area contributed by atoms with Crippen LogP contribution in [-0.2, 0) is 4.79 Å². The van der Waals surface area contributed by atoms with Crippen LogP contribution in [0.1, 0.15) is 59.7 Å². The number of carbonyl (C=O) groups is 3. The molecule has 1 amide bonds. The van der Waals surface area contributed by atoms with Crippen molar-refractivity contribution in [1.29, 1.82) is 0 Å². The number of hydrogen-bond acceptors (Lipinski definition) is 6. The van der Waals surface area contributed by atoms with Gasteiger partial charge < -0.3 is 20.3 Å². The van der Waals surface area contributed by atoms with Crippen molar-refractivity contribution in [1.82, 2.24) is 4.90 Å². The van der Waals surface area contributed by atoms with Crippen LogP contribution in [0.25, 0.3) is 0 Å². The number of aryl methyl sites for hydroxylation is 5. The van der Waals surface area contributed by atoms with Gasteiger partial charge in [0.15, 0.2) is 18.2 Å². The Kier molecular flexibility index (Phi) is 9.23. The van der Waals surface area contributed by atoms with Crippen molar-refractivity contribution < 1.29 is 19.1 Å². The first-order valence-electron chi connectivity index (χ1n) is 15.2. The van der Waals surface area contributed by atoms with E-state index in [1.807, 2.05) is 52.0 Å². The van der Waals surface area contributed by atoms with E-state index in [4.69, 9.17) is 4.74 Å². The number of anilines is 4. The Morgan fingerprint density at radius 2 is 1.15 bits per heavy atom. The van der Waals surface area contributed by atoms with Crippen molar-refractivity contribution in [2.24, 2.45) is 0 Å². The summed E-state index contributed by atoms with van der Waals surface area (Å²) in [5.74, 6) is -0.0394. The van der Waals surface area contributed by atoms with Gasteiger partial charge >= 0.3 is 0 Å². The molecule has 0 spiro atoms. The first-order valence-corrected chi connectivity index (χ1v) is 15.2. The molecule has 4 aromatic carbocycles. The van der Waals surface area contributed by atoms with Crippen LogP contribution in [0.15, 0.2) is 86.0 Å². The predicted molar refractivity (Wildman–Crippen MR) is 185 cm³/mol. The SMILES string of the molecule is C=CCN(CC=C)C(=O)COc1cc(C)c(Nc2ccc(Nc3c(C)cc(C)cc3C)c3c2C(=O)c2ccccc2C3=O)c(C)c1. The van der Waals surface area contributed by atoms with Crippen molar-refractivity contribution >= 4 is 40.2 Å². The average Bonchev–Trinajstić information content (AvgIpc) is 3.02. The maximum atomic E-state index is 14.1. The van der Waals surface area contributed by atoms with Gasteiger partial charge in [0.05, 0.1) is 22.5 Å². The van der Waals surface area contributed by atoms with Crippen LogP contribution in [0.2, 0.25) is 0 Å². The third-order valence-electron chi connectivity index (χ3n) is 8.19. The van der Waals surface area contributed by atoms with Crippen LogP contribution < -0.4 is 15.4 Å². The number of nitrogens with one attached hydrogen (secondary N) is 2. The van der Waals surface area contributed by atoms with E-state index in [1.54, 1.807) is 41.3 Å². The Balaban J connectivity index is 1.51. The van der Waals surface area contributed by atoms with Crippen LogP contribution in [0.4, 0.5) is 22.7 Å². The summed E-state index contributed by atoms with van der Waals surface area (Å²) in [5, 5.41) is 6.95. The first kappa shape index (κ1) is 32.0. The van der Waals surface area contributed by atoms with Gasteiger partial charge in [-0.2, -0.15) is 0 Å². The summed E-state index contributed by atoms with van der Waals surface area (Å²) in [6.45, 7) is 18.1. The Labute approximate surface area is 270 Å². The maximum Gasteiger partial charge on any atom is 0.261 e. The maximum absolute atomic E-state index is 14.1. The van der Waals surface area contributed by atoms with E-state index >= 15 is 0 Å². The molecule has 1 aliphatic rings. The van der Waals surface area contributed by atoms with E-state index in [-0.39, 0.29) is 24.1 Å². The molecule has 234 valence electrons. The van der Waals surface area contributed by atoms with Gasteiger partial charge in [-0.25, -0.2) is 0 Å². The van der Waals surface area contributed by atoms with E-state index in [0.29, 0.717) is 52.5 Å². The lowest BCUT2D eigenvalue weighted by Crippen LogP contribution is -2.35. The molecule has 0 radical (unpaired) electrons. The van der Waals surface area contributed by atoms with Gasteiger partial charge in [0.1, 0.15) is 5.75 Å². The van der Waals surface area contributed by atoms with Crippen LogP contribution >= 0.6 is 0 Å². The summed E-state index contributed by atoms with van der Waals surface area (Å²) in [6, 6.07) is 18.5. The van der Waals surface area contributed by atoms with Crippen LogP contribution in [-0.4, -0.2) is 42.1 Å². The highest BCUT2D eigenvalue weighted by atomic mass is 16.5. The minimum atomic E-state index is -0.217. The number of hydrogen-bond donors (Lipinski definition) is 2. The summed E-state index contributed by atoms with van der Waals surface area (Å²) in [7, 11) is 0. The minimum absolute atomic E-state index is 0.120. The summed E-state index contributed by atoms with van der Waals surface area (Å²) in [5.41, 5.74) is 9.19. The number of fused-ring (bicyclic) bond motifs is 2. The van der Waals surface area contributed by atoms with E-state index in [1.165, 1.54) is 0 Å². The zero-order valence-corrected chi connectivity index (χ0v) is 27.0. The van der Waals surface area contributed by atoms with E-state index in [2.05, 4.69) is 42.8 Å². The predicted octanol–water partition coefficient (Wildman–Crippen LogP) is 8.07. The average molecular weight is 614 g/mol. The van der Waals surface area contributed by atoms with Gasteiger partial charge in [-0.05, 0) is 81.1 Å². The molecular weight excluding hydrogens is 574 g/mol. The van der Waals surface area contributed by atoms with Crippen molar-refractivity contribution in [2.75, 3.05) is 30.3 Å². The van der Waals surface area contributed by atoms with Crippen molar-refractivity contribution in [2.45, 2.75) is 34.6 Å². The van der Waals surface area contributed by atoms with Crippen LogP contribution in [0.5, 0.6) is 5.75 Å². The largest absolute Gasteiger partial charge is 0.484 e. The van der Waals surface area contributed by atoms with E-state index in [9.17, 15) is 14.4 Å². The van der Waals surface area contributed by atoms with Crippen molar-refractivity contribution in [3.63, 3.8) is 0 Å². The topological polar surface area (TPSA) is 87.7 Å². The van der Waals surface area contributed by atoms with E-state index < -0.39 is 0 Å². The first-order chi connectivity index (χ1) is 22.0. The molecule has 5 rings (SSSR count). The summed E-state index contributed by atoms with van der Waals surface area (Å²) < 4.78 is 5.87.